The second-order valence-corrected chi connectivity index (χ2v) is 8.00. The Morgan fingerprint density at radius 3 is 2.58 bits per heavy atom. The van der Waals surface area contributed by atoms with Crippen LogP contribution < -0.4 is 4.74 Å². The van der Waals surface area contributed by atoms with Gasteiger partial charge in [0.2, 0.25) is 0 Å². The molecule has 0 aromatic heterocycles. The first kappa shape index (κ1) is 17.7. The summed E-state index contributed by atoms with van der Waals surface area (Å²) < 4.78 is 11.0. The van der Waals surface area contributed by atoms with Crippen molar-refractivity contribution in [3.8, 4) is 5.75 Å². The van der Waals surface area contributed by atoms with Crippen molar-refractivity contribution in [3.63, 3.8) is 0 Å². The fourth-order valence-electron chi connectivity index (χ4n) is 3.77. The number of benzene rings is 1. The third-order valence-electron chi connectivity index (χ3n) is 5.02. The van der Waals surface area contributed by atoms with Gasteiger partial charge in [-0.05, 0) is 24.3 Å². The number of rotatable bonds is 8. The highest BCUT2D eigenvalue weighted by Crippen LogP contribution is 2.33. The highest BCUT2D eigenvalue weighted by atomic mass is 16.5. The lowest BCUT2D eigenvalue weighted by molar-refractivity contribution is 0.0138. The fourth-order valence-corrected chi connectivity index (χ4v) is 3.77. The number of morpholine rings is 1. The summed E-state index contributed by atoms with van der Waals surface area (Å²) in [5.74, 6) is 1.01. The summed E-state index contributed by atoms with van der Waals surface area (Å²) in [6.45, 7) is 12.0. The molecule has 1 aromatic carbocycles. The zero-order chi connectivity index (χ0) is 17.0. The molecule has 0 unspecified atom stereocenters. The molecular formula is C20H32N2O2. The van der Waals surface area contributed by atoms with Gasteiger partial charge in [-0.2, -0.15) is 0 Å². The minimum absolute atomic E-state index is 0.280. The van der Waals surface area contributed by atoms with Crippen LogP contribution in [0.5, 0.6) is 5.75 Å². The second-order valence-electron chi connectivity index (χ2n) is 8.00. The molecule has 4 nitrogen and oxygen atoms in total. The van der Waals surface area contributed by atoms with E-state index in [0.29, 0.717) is 0 Å². The molecule has 1 aromatic rings. The predicted octanol–water partition coefficient (Wildman–Crippen LogP) is 3.02. The van der Waals surface area contributed by atoms with E-state index in [9.17, 15) is 0 Å². The molecular weight excluding hydrogens is 300 g/mol. The van der Waals surface area contributed by atoms with Gasteiger partial charge in [-0.3, -0.25) is 9.80 Å². The third-order valence-corrected chi connectivity index (χ3v) is 5.02. The SMILES string of the molecule is COc1ccccc1CN(CC(C)(C)CN1CCOCC1)C1CC1. The number of hydrogen-bond acceptors (Lipinski definition) is 4. The lowest BCUT2D eigenvalue weighted by Crippen LogP contribution is -2.46. The molecule has 0 atom stereocenters. The van der Waals surface area contributed by atoms with Crippen LogP contribution in [0.15, 0.2) is 24.3 Å². The summed E-state index contributed by atoms with van der Waals surface area (Å²) in [5, 5.41) is 0. The van der Waals surface area contributed by atoms with Gasteiger partial charge in [0.25, 0.3) is 0 Å². The van der Waals surface area contributed by atoms with E-state index in [4.69, 9.17) is 9.47 Å². The number of methoxy groups -OCH3 is 1. The first-order valence-electron chi connectivity index (χ1n) is 9.23. The monoisotopic (exact) mass is 332 g/mol. The Labute approximate surface area is 146 Å². The van der Waals surface area contributed by atoms with Crippen LogP contribution >= 0.6 is 0 Å². The topological polar surface area (TPSA) is 24.9 Å². The molecule has 1 aliphatic carbocycles. The molecule has 0 spiro atoms. The Balaban J connectivity index is 1.62. The highest BCUT2D eigenvalue weighted by Gasteiger charge is 2.34. The van der Waals surface area contributed by atoms with E-state index in [1.54, 1.807) is 7.11 Å². The zero-order valence-electron chi connectivity index (χ0n) is 15.5. The summed E-state index contributed by atoms with van der Waals surface area (Å²) in [4.78, 5) is 5.22. The van der Waals surface area contributed by atoms with E-state index in [1.165, 1.54) is 18.4 Å². The van der Waals surface area contributed by atoms with Gasteiger partial charge in [-0.15, -0.1) is 0 Å². The molecule has 1 heterocycles. The summed E-state index contributed by atoms with van der Waals surface area (Å²) in [6, 6.07) is 9.18. The first-order chi connectivity index (χ1) is 11.6. The number of para-hydroxylation sites is 1. The van der Waals surface area contributed by atoms with Crippen LogP contribution in [0.4, 0.5) is 0 Å². The van der Waals surface area contributed by atoms with Crippen LogP contribution in [0.2, 0.25) is 0 Å². The summed E-state index contributed by atoms with van der Waals surface area (Å²) in [6.07, 6.45) is 2.67. The summed E-state index contributed by atoms with van der Waals surface area (Å²) >= 11 is 0. The van der Waals surface area contributed by atoms with Crippen LogP contribution in [0.1, 0.15) is 32.3 Å². The molecule has 0 amide bonds. The Bertz CT molecular complexity index is 522. The summed E-state index contributed by atoms with van der Waals surface area (Å²) in [7, 11) is 1.77. The molecule has 1 aliphatic heterocycles. The zero-order valence-corrected chi connectivity index (χ0v) is 15.5. The standard InChI is InChI=1S/C20H32N2O2/c1-20(2,15-21-10-12-24-13-11-21)16-22(18-8-9-18)14-17-6-4-5-7-19(17)23-3/h4-7,18H,8-16H2,1-3H3. The van der Waals surface area contributed by atoms with E-state index in [1.807, 2.05) is 6.07 Å². The molecule has 0 bridgehead atoms. The van der Waals surface area contributed by atoms with Crippen molar-refractivity contribution in [2.24, 2.45) is 5.41 Å². The normalized spacial score (nSPS) is 19.7. The van der Waals surface area contributed by atoms with Gasteiger partial charge in [0, 0.05) is 44.3 Å². The molecule has 3 rings (SSSR count). The average Bonchev–Trinajstić information content (AvgIpc) is 3.40. The molecule has 4 heteroatoms. The Kier molecular flexibility index (Phi) is 5.80. The molecule has 0 radical (unpaired) electrons. The highest BCUT2D eigenvalue weighted by molar-refractivity contribution is 5.33. The smallest absolute Gasteiger partial charge is 0.123 e. The Hall–Kier alpha value is -1.10. The molecule has 134 valence electrons. The van der Waals surface area contributed by atoms with Gasteiger partial charge in [0.1, 0.15) is 5.75 Å². The Morgan fingerprint density at radius 2 is 1.92 bits per heavy atom. The van der Waals surface area contributed by atoms with E-state index in [-0.39, 0.29) is 5.41 Å². The molecule has 1 saturated heterocycles. The lowest BCUT2D eigenvalue weighted by atomic mass is 9.91. The lowest BCUT2D eigenvalue weighted by Gasteiger charge is -2.38. The quantitative estimate of drug-likeness (QED) is 0.730. The van der Waals surface area contributed by atoms with Crippen LogP contribution in [-0.2, 0) is 11.3 Å². The van der Waals surface area contributed by atoms with Gasteiger partial charge in [0.05, 0.1) is 20.3 Å². The maximum absolute atomic E-state index is 5.55. The van der Waals surface area contributed by atoms with Crippen LogP contribution in [-0.4, -0.2) is 62.3 Å². The maximum atomic E-state index is 5.55. The van der Waals surface area contributed by atoms with E-state index in [0.717, 1.165) is 57.7 Å². The first-order valence-corrected chi connectivity index (χ1v) is 9.23. The molecule has 0 N–H and O–H groups in total. The van der Waals surface area contributed by atoms with Gasteiger partial charge in [0.15, 0.2) is 0 Å². The predicted molar refractivity (Wildman–Crippen MR) is 97.5 cm³/mol. The van der Waals surface area contributed by atoms with Crippen molar-refractivity contribution in [1.29, 1.82) is 0 Å². The number of nitrogens with zero attached hydrogens (tertiary/aromatic N) is 2. The van der Waals surface area contributed by atoms with E-state index in [2.05, 4.69) is 41.8 Å². The largest absolute Gasteiger partial charge is 0.496 e. The Morgan fingerprint density at radius 1 is 1.21 bits per heavy atom. The van der Waals surface area contributed by atoms with E-state index < -0.39 is 0 Å². The second kappa shape index (κ2) is 7.85. The number of ether oxygens (including phenoxy) is 2. The van der Waals surface area contributed by atoms with Gasteiger partial charge in [-0.25, -0.2) is 0 Å². The van der Waals surface area contributed by atoms with Crippen molar-refractivity contribution in [3.05, 3.63) is 29.8 Å². The fraction of sp³-hybridized carbons (Fsp3) is 0.700. The molecule has 1 saturated carbocycles. The number of hydrogen-bond donors (Lipinski definition) is 0. The van der Waals surface area contributed by atoms with Crippen molar-refractivity contribution >= 4 is 0 Å². The van der Waals surface area contributed by atoms with Crippen LogP contribution in [0.25, 0.3) is 0 Å². The minimum Gasteiger partial charge on any atom is -0.496 e. The molecule has 24 heavy (non-hydrogen) atoms. The van der Waals surface area contributed by atoms with Crippen molar-refractivity contribution in [2.75, 3.05) is 46.5 Å². The van der Waals surface area contributed by atoms with Crippen molar-refractivity contribution in [1.82, 2.24) is 9.80 Å². The van der Waals surface area contributed by atoms with Gasteiger partial charge >= 0.3 is 0 Å². The van der Waals surface area contributed by atoms with Gasteiger partial charge in [-0.1, -0.05) is 32.0 Å². The van der Waals surface area contributed by atoms with Crippen molar-refractivity contribution in [2.45, 2.75) is 39.3 Å². The maximum Gasteiger partial charge on any atom is 0.123 e. The molecule has 2 fully saturated rings. The summed E-state index contributed by atoms with van der Waals surface area (Å²) in [5.41, 5.74) is 1.58. The van der Waals surface area contributed by atoms with Crippen molar-refractivity contribution < 1.29 is 9.47 Å². The van der Waals surface area contributed by atoms with Crippen LogP contribution in [0.3, 0.4) is 0 Å². The minimum atomic E-state index is 0.280. The third kappa shape index (κ3) is 4.95. The molecule has 2 aliphatic rings. The van der Waals surface area contributed by atoms with E-state index >= 15 is 0 Å². The average molecular weight is 332 g/mol. The van der Waals surface area contributed by atoms with Gasteiger partial charge < -0.3 is 9.47 Å². The van der Waals surface area contributed by atoms with Crippen LogP contribution in [0, 0.1) is 5.41 Å².